The molecule has 1 aliphatic rings. The number of alkyl halides is 1. The minimum absolute atomic E-state index is 0.267. The van der Waals surface area contributed by atoms with Gasteiger partial charge in [-0.25, -0.2) is 4.57 Å². The molecule has 29 heavy (non-hydrogen) atoms. The first-order valence-electron chi connectivity index (χ1n) is 10.1. The second kappa shape index (κ2) is 11.8. The van der Waals surface area contributed by atoms with Gasteiger partial charge in [0.1, 0.15) is 11.5 Å². The molecule has 0 unspecified atom stereocenters. The number of phosphoric acid groups is 1. The number of rotatable bonds is 11. The number of benzene rings is 2. The topological polar surface area (TPSA) is 54.0 Å². The van der Waals surface area contributed by atoms with Crippen LogP contribution in [0.3, 0.4) is 0 Å². The molecule has 0 spiro atoms. The molecule has 5 nitrogen and oxygen atoms in total. The van der Waals surface area contributed by atoms with E-state index in [9.17, 15) is 4.57 Å². The fourth-order valence-corrected chi connectivity index (χ4v) is 5.14. The second-order valence-corrected chi connectivity index (χ2v) is 9.70. The fraction of sp³-hybridized carbons (Fsp3) is 0.455. The molecule has 1 saturated carbocycles. The molecule has 7 heteroatoms. The van der Waals surface area contributed by atoms with Crippen LogP contribution in [-0.2, 0) is 13.8 Å². The highest BCUT2D eigenvalue weighted by atomic mass is 79.9. The molecule has 0 aromatic heterocycles. The molecule has 2 aromatic carbocycles. The van der Waals surface area contributed by atoms with Crippen molar-refractivity contribution in [2.45, 2.75) is 49.5 Å². The van der Waals surface area contributed by atoms with E-state index in [0.717, 1.165) is 12.8 Å². The van der Waals surface area contributed by atoms with Crippen LogP contribution < -0.4 is 9.05 Å². The summed E-state index contributed by atoms with van der Waals surface area (Å²) in [5.74, 6) is 0.881. The molecule has 1 fully saturated rings. The van der Waals surface area contributed by atoms with Gasteiger partial charge in [-0.1, -0.05) is 65.2 Å². The summed E-state index contributed by atoms with van der Waals surface area (Å²) in [4.78, 5) is 0.450. The van der Waals surface area contributed by atoms with Gasteiger partial charge in [0, 0.05) is 11.4 Å². The van der Waals surface area contributed by atoms with Crippen LogP contribution in [0.5, 0.6) is 11.5 Å². The molecule has 0 bridgehead atoms. The molecule has 0 saturated heterocycles. The van der Waals surface area contributed by atoms with Crippen LogP contribution in [0, 0.1) is 0 Å². The van der Waals surface area contributed by atoms with Crippen molar-refractivity contribution in [2.75, 3.05) is 13.2 Å². The van der Waals surface area contributed by atoms with E-state index >= 15 is 0 Å². The zero-order valence-corrected chi connectivity index (χ0v) is 18.9. The molecule has 0 amide bonds. The minimum atomic E-state index is -3.80. The Morgan fingerprint density at radius 1 is 0.828 bits per heavy atom. The molecule has 0 radical (unpaired) electrons. The van der Waals surface area contributed by atoms with Crippen molar-refractivity contribution in [2.24, 2.45) is 0 Å². The van der Waals surface area contributed by atoms with Gasteiger partial charge >= 0.3 is 7.82 Å². The number of halogens is 1. The second-order valence-electron chi connectivity index (χ2n) is 7.01. The van der Waals surface area contributed by atoms with E-state index in [4.69, 9.17) is 18.3 Å². The van der Waals surface area contributed by atoms with E-state index in [-0.39, 0.29) is 6.61 Å². The average Bonchev–Trinajstić information content (AvgIpc) is 2.73. The Morgan fingerprint density at radius 2 is 1.38 bits per heavy atom. The molecule has 158 valence electrons. The van der Waals surface area contributed by atoms with Crippen LogP contribution in [-0.4, -0.2) is 24.1 Å². The maximum absolute atomic E-state index is 13.2. The Kier molecular flexibility index (Phi) is 9.06. The third-order valence-corrected chi connectivity index (χ3v) is 7.08. The molecule has 0 N–H and O–H groups in total. The van der Waals surface area contributed by atoms with Crippen molar-refractivity contribution >= 4 is 23.8 Å². The minimum Gasteiger partial charge on any atom is -0.395 e. The molecular formula is C22H28BrO5P. The van der Waals surface area contributed by atoms with Crippen molar-refractivity contribution in [3.63, 3.8) is 0 Å². The third kappa shape index (κ3) is 7.78. The number of hydrogen-bond acceptors (Lipinski definition) is 5. The van der Waals surface area contributed by atoms with E-state index in [2.05, 4.69) is 15.9 Å². The lowest BCUT2D eigenvalue weighted by Crippen LogP contribution is -2.28. The van der Waals surface area contributed by atoms with Gasteiger partial charge in [-0.2, -0.15) is 0 Å². The number of hydrogen-bond donors (Lipinski definition) is 0. The lowest BCUT2D eigenvalue weighted by molar-refractivity contribution is 0.0306. The Hall–Kier alpha value is -1.33. The van der Waals surface area contributed by atoms with Crippen LogP contribution >= 0.6 is 23.8 Å². The van der Waals surface area contributed by atoms with Gasteiger partial charge in [0.05, 0.1) is 12.7 Å². The van der Waals surface area contributed by atoms with Crippen LogP contribution in [0.25, 0.3) is 0 Å². The van der Waals surface area contributed by atoms with Crippen LogP contribution in [0.15, 0.2) is 60.7 Å². The van der Waals surface area contributed by atoms with Gasteiger partial charge in [0.2, 0.25) is 0 Å². The highest BCUT2D eigenvalue weighted by Gasteiger charge is 2.30. The quantitative estimate of drug-likeness (QED) is 0.201. The number of unbranched alkanes of at least 4 members (excludes halogenated alkanes) is 1. The first-order valence-corrected chi connectivity index (χ1v) is 12.5. The predicted molar refractivity (Wildman–Crippen MR) is 118 cm³/mol. The summed E-state index contributed by atoms with van der Waals surface area (Å²) in [7, 11) is -3.80. The summed E-state index contributed by atoms with van der Waals surface area (Å²) >= 11 is 3.71. The van der Waals surface area contributed by atoms with E-state index in [1.165, 1.54) is 19.3 Å². The molecule has 0 heterocycles. The van der Waals surface area contributed by atoms with Crippen molar-refractivity contribution < 1.29 is 22.9 Å². The summed E-state index contributed by atoms with van der Waals surface area (Å²) in [5, 5.41) is 0. The van der Waals surface area contributed by atoms with Crippen molar-refractivity contribution in [1.29, 1.82) is 0 Å². The van der Waals surface area contributed by atoms with E-state index in [1.807, 2.05) is 36.4 Å². The van der Waals surface area contributed by atoms with Gasteiger partial charge < -0.3 is 13.8 Å². The summed E-state index contributed by atoms with van der Waals surface area (Å²) < 4.78 is 35.9. The molecular weight excluding hydrogens is 455 g/mol. The van der Waals surface area contributed by atoms with Gasteiger partial charge in [-0.3, -0.25) is 4.52 Å². The zero-order valence-electron chi connectivity index (χ0n) is 16.5. The standard InChI is InChI=1S/C22H28BrO5P/c23-21-15-7-8-16-22(21)25-17-9-10-18-26-29(24,27-19-11-3-1-4-12-19)28-20-13-5-2-6-14-20/h1-6,11-14,21-22H,7-10,15-18H2/t21-,22-/m1/s1. The van der Waals surface area contributed by atoms with Crippen molar-refractivity contribution in [3.05, 3.63) is 60.7 Å². The van der Waals surface area contributed by atoms with Gasteiger partial charge in [-0.05, 0) is 49.9 Å². The normalized spacial score (nSPS) is 19.6. The lowest BCUT2D eigenvalue weighted by atomic mass is 9.97. The van der Waals surface area contributed by atoms with Crippen molar-refractivity contribution in [1.82, 2.24) is 0 Å². The number of phosphoric ester groups is 1. The molecule has 3 rings (SSSR count). The molecule has 0 aliphatic heterocycles. The van der Waals surface area contributed by atoms with E-state index in [1.54, 1.807) is 24.3 Å². The Morgan fingerprint density at radius 3 is 1.97 bits per heavy atom. The maximum Gasteiger partial charge on any atom is 0.587 e. The Labute approximate surface area is 181 Å². The Balaban J connectivity index is 1.47. The number of ether oxygens (including phenoxy) is 1. The van der Waals surface area contributed by atoms with Gasteiger partial charge in [0.25, 0.3) is 0 Å². The highest BCUT2D eigenvalue weighted by molar-refractivity contribution is 9.09. The predicted octanol–water partition coefficient (Wildman–Crippen LogP) is 6.77. The van der Waals surface area contributed by atoms with Gasteiger partial charge in [-0.15, -0.1) is 0 Å². The van der Waals surface area contributed by atoms with E-state index < -0.39 is 7.82 Å². The summed E-state index contributed by atoms with van der Waals surface area (Å²) in [5.41, 5.74) is 0. The molecule has 2 atom stereocenters. The first kappa shape index (κ1) is 22.4. The highest BCUT2D eigenvalue weighted by Crippen LogP contribution is 2.49. The molecule has 2 aromatic rings. The maximum atomic E-state index is 13.2. The largest absolute Gasteiger partial charge is 0.587 e. The van der Waals surface area contributed by atoms with E-state index in [0.29, 0.717) is 35.5 Å². The average molecular weight is 483 g/mol. The fourth-order valence-electron chi connectivity index (χ4n) is 3.15. The summed E-state index contributed by atoms with van der Waals surface area (Å²) in [6.07, 6.45) is 6.60. The van der Waals surface area contributed by atoms with Crippen LogP contribution in [0.1, 0.15) is 38.5 Å². The summed E-state index contributed by atoms with van der Waals surface area (Å²) in [6.45, 7) is 0.933. The molecule has 1 aliphatic carbocycles. The third-order valence-electron chi connectivity index (χ3n) is 4.66. The summed E-state index contributed by atoms with van der Waals surface area (Å²) in [6, 6.07) is 17.8. The zero-order chi connectivity index (χ0) is 20.4. The number of para-hydroxylation sites is 2. The van der Waals surface area contributed by atoms with Crippen molar-refractivity contribution in [3.8, 4) is 11.5 Å². The van der Waals surface area contributed by atoms with Crippen LogP contribution in [0.2, 0.25) is 0 Å². The monoisotopic (exact) mass is 482 g/mol. The van der Waals surface area contributed by atoms with Gasteiger partial charge in [0.15, 0.2) is 0 Å². The lowest BCUT2D eigenvalue weighted by Gasteiger charge is -2.27. The van der Waals surface area contributed by atoms with Crippen LogP contribution in [0.4, 0.5) is 0 Å². The smallest absolute Gasteiger partial charge is 0.395 e. The Bertz CT molecular complexity index is 713. The first-order chi connectivity index (χ1) is 14.1. The SMILES string of the molecule is O=P(OCCCCO[C@@H]1CCCC[C@H]1Br)(Oc1ccccc1)Oc1ccccc1.